The van der Waals surface area contributed by atoms with E-state index in [2.05, 4.69) is 86.7 Å². The van der Waals surface area contributed by atoms with E-state index in [4.69, 9.17) is 4.42 Å². The van der Waals surface area contributed by atoms with Crippen molar-refractivity contribution in [2.45, 2.75) is 27.2 Å². The zero-order valence-electron chi connectivity index (χ0n) is 17.6. The van der Waals surface area contributed by atoms with Crippen LogP contribution < -0.4 is 0 Å². The Kier molecular flexibility index (Phi) is 5.80. The van der Waals surface area contributed by atoms with E-state index in [1.165, 1.54) is 50.1 Å². The Bertz CT molecular complexity index is 1230. The molecule has 0 atom stereocenters. The average Bonchev–Trinajstić information content (AvgIpc) is 3.36. The molecule has 30 heavy (non-hydrogen) atoms. The molecule has 0 saturated carbocycles. The summed E-state index contributed by atoms with van der Waals surface area (Å²) in [4.78, 5) is 0. The van der Waals surface area contributed by atoms with Crippen LogP contribution in [0.25, 0.3) is 33.9 Å². The first kappa shape index (κ1) is 20.8. The second-order valence-electron chi connectivity index (χ2n) is 7.97. The van der Waals surface area contributed by atoms with Crippen molar-refractivity contribution in [1.82, 2.24) is 0 Å². The zero-order chi connectivity index (χ0) is 20.0. The van der Waals surface area contributed by atoms with E-state index in [0.29, 0.717) is 0 Å². The monoisotopic (exact) mass is 466 g/mol. The van der Waals surface area contributed by atoms with Crippen LogP contribution in [0.2, 0.25) is 0 Å². The molecule has 0 spiro atoms. The molecule has 5 rings (SSSR count). The molecule has 4 aromatic rings. The van der Waals surface area contributed by atoms with Gasteiger partial charge in [0.25, 0.3) is 0 Å². The largest absolute Gasteiger partial charge is 0.462 e. The van der Waals surface area contributed by atoms with Gasteiger partial charge in [0.2, 0.25) is 0 Å². The molecular weight excluding hydrogens is 444 g/mol. The van der Waals surface area contributed by atoms with E-state index < -0.39 is 0 Å². The van der Waals surface area contributed by atoms with Gasteiger partial charge in [0.05, 0.1) is 0 Å². The first-order chi connectivity index (χ1) is 14.1. The molecule has 1 nitrogen and oxygen atoms in total. The molecule has 0 aliphatic heterocycles. The third kappa shape index (κ3) is 3.70. The number of hydrogen-bond acceptors (Lipinski definition) is 1. The van der Waals surface area contributed by atoms with Crippen molar-refractivity contribution in [3.05, 3.63) is 107 Å². The molecule has 1 heterocycles. The quantitative estimate of drug-likeness (QED) is 0.302. The summed E-state index contributed by atoms with van der Waals surface area (Å²) in [5, 5.41) is 0. The molecule has 0 amide bonds. The summed E-state index contributed by atoms with van der Waals surface area (Å²) in [6, 6.07) is 26.0. The smallest absolute Gasteiger partial charge is 0.130 e. The maximum atomic E-state index is 5.90. The van der Waals surface area contributed by atoms with Gasteiger partial charge in [0.15, 0.2) is 0 Å². The van der Waals surface area contributed by atoms with Crippen LogP contribution in [0.3, 0.4) is 0 Å². The van der Waals surface area contributed by atoms with Gasteiger partial charge in [-0.3, -0.25) is 0 Å². The maximum absolute atomic E-state index is 5.90. The van der Waals surface area contributed by atoms with Gasteiger partial charge in [0.1, 0.15) is 11.5 Å². The Hall–Kier alpha value is -2.44. The summed E-state index contributed by atoms with van der Waals surface area (Å²) in [6.07, 6.45) is 3.25. The fourth-order valence-electron chi connectivity index (χ4n) is 4.35. The number of rotatable bonds is 3. The van der Waals surface area contributed by atoms with Gasteiger partial charge >= 0.3 is 0 Å². The summed E-state index contributed by atoms with van der Waals surface area (Å²) in [5.41, 5.74) is 11.8. The summed E-state index contributed by atoms with van der Waals surface area (Å²) in [5.74, 6) is 1.94. The molecule has 146 valence electrons. The fourth-order valence-corrected chi connectivity index (χ4v) is 4.35. The van der Waals surface area contributed by atoms with Crippen molar-refractivity contribution in [3.63, 3.8) is 0 Å². The molecule has 1 aliphatic carbocycles. The predicted molar refractivity (Wildman–Crippen MR) is 122 cm³/mol. The molecule has 0 N–H and O–H groups in total. The molecule has 0 bridgehead atoms. The van der Waals surface area contributed by atoms with Crippen LogP contribution in [-0.4, -0.2) is 0 Å². The molecule has 1 aliphatic rings. The van der Waals surface area contributed by atoms with E-state index >= 15 is 0 Å². The minimum Gasteiger partial charge on any atom is -0.462 e. The minimum atomic E-state index is 0. The normalized spacial score (nSPS) is 12.3. The molecular formula is C28H24OZr. The number of hydrogen-bond donors (Lipinski definition) is 0. The van der Waals surface area contributed by atoms with Crippen molar-refractivity contribution in [2.24, 2.45) is 0 Å². The Morgan fingerprint density at radius 1 is 0.733 bits per heavy atom. The van der Waals surface area contributed by atoms with Crippen LogP contribution in [0.4, 0.5) is 0 Å². The molecule has 1 aromatic heterocycles. The van der Waals surface area contributed by atoms with E-state index in [1.807, 2.05) is 13.0 Å². The van der Waals surface area contributed by atoms with Gasteiger partial charge in [-0.1, -0.05) is 60.7 Å². The van der Waals surface area contributed by atoms with E-state index in [1.54, 1.807) is 0 Å². The van der Waals surface area contributed by atoms with Crippen LogP contribution in [0.5, 0.6) is 0 Å². The number of benzene rings is 3. The minimum absolute atomic E-state index is 0. The Morgan fingerprint density at radius 3 is 2.07 bits per heavy atom. The van der Waals surface area contributed by atoms with Gasteiger partial charge in [-0.2, -0.15) is 0 Å². The number of aryl methyl sites for hydroxylation is 2. The van der Waals surface area contributed by atoms with Gasteiger partial charge in [-0.15, -0.1) is 0 Å². The van der Waals surface area contributed by atoms with Crippen molar-refractivity contribution < 1.29 is 30.6 Å². The van der Waals surface area contributed by atoms with Gasteiger partial charge < -0.3 is 4.42 Å². The van der Waals surface area contributed by atoms with Crippen LogP contribution in [0.1, 0.15) is 33.8 Å². The van der Waals surface area contributed by atoms with Crippen molar-refractivity contribution in [2.75, 3.05) is 0 Å². The standard InChI is InChI=1S/C28H24O.Zr/c1-18-15-24-16-25(27-14-9-19(2)29-27)17-26(24)28(20(18)3)23-12-10-22(11-13-23)21-7-5-4-6-8-21;/h4-15,17H,16H2,1-3H3;. The summed E-state index contributed by atoms with van der Waals surface area (Å²) < 4.78 is 5.90. The van der Waals surface area contributed by atoms with Crippen molar-refractivity contribution >= 4 is 11.6 Å². The first-order valence-electron chi connectivity index (χ1n) is 10.2. The zero-order valence-corrected chi connectivity index (χ0v) is 20.1. The summed E-state index contributed by atoms with van der Waals surface area (Å²) >= 11 is 0. The first-order valence-corrected chi connectivity index (χ1v) is 10.2. The second-order valence-corrected chi connectivity index (χ2v) is 7.97. The Balaban J connectivity index is 0.00000218. The number of allylic oxidation sites excluding steroid dienone is 1. The maximum Gasteiger partial charge on any atom is 0.130 e. The molecule has 0 saturated heterocycles. The van der Waals surface area contributed by atoms with E-state index in [-0.39, 0.29) is 26.2 Å². The Morgan fingerprint density at radius 2 is 1.40 bits per heavy atom. The summed E-state index contributed by atoms with van der Waals surface area (Å²) in [7, 11) is 0. The second kappa shape index (κ2) is 8.36. The molecule has 2 heteroatoms. The van der Waals surface area contributed by atoms with Crippen molar-refractivity contribution in [1.29, 1.82) is 0 Å². The van der Waals surface area contributed by atoms with Gasteiger partial charge in [0, 0.05) is 32.6 Å². The topological polar surface area (TPSA) is 13.1 Å². The third-order valence-corrected chi connectivity index (χ3v) is 6.01. The van der Waals surface area contributed by atoms with Crippen LogP contribution in [0, 0.1) is 20.8 Å². The average molecular weight is 468 g/mol. The van der Waals surface area contributed by atoms with E-state index in [9.17, 15) is 0 Å². The molecule has 3 aromatic carbocycles. The number of fused-ring (bicyclic) bond motifs is 1. The van der Waals surface area contributed by atoms with Crippen LogP contribution in [-0.2, 0) is 32.6 Å². The summed E-state index contributed by atoms with van der Waals surface area (Å²) in [6.45, 7) is 6.45. The van der Waals surface area contributed by atoms with Crippen LogP contribution in [0.15, 0.2) is 77.2 Å². The third-order valence-electron chi connectivity index (χ3n) is 6.01. The van der Waals surface area contributed by atoms with Gasteiger partial charge in [-0.05, 0) is 89.1 Å². The Labute approximate surface area is 197 Å². The number of furan rings is 1. The fraction of sp³-hybridized carbons (Fsp3) is 0.143. The van der Waals surface area contributed by atoms with Gasteiger partial charge in [-0.25, -0.2) is 0 Å². The van der Waals surface area contributed by atoms with E-state index in [0.717, 1.165) is 17.9 Å². The predicted octanol–water partition coefficient (Wildman–Crippen LogP) is 7.63. The molecule has 0 fully saturated rings. The molecule has 0 unspecified atom stereocenters. The van der Waals surface area contributed by atoms with Crippen molar-refractivity contribution in [3.8, 4) is 22.3 Å². The molecule has 0 radical (unpaired) electrons. The van der Waals surface area contributed by atoms with Crippen LogP contribution >= 0.6 is 0 Å². The SMILES string of the molecule is Cc1ccc(C2=Cc3c(cc(C)c(C)c3-c3ccc(-c4ccccc4)cc3)C2)o1.[Zr].